The van der Waals surface area contributed by atoms with Crippen molar-refractivity contribution in [1.82, 2.24) is 4.90 Å². The van der Waals surface area contributed by atoms with Crippen LogP contribution in [0.25, 0.3) is 0 Å². The summed E-state index contributed by atoms with van der Waals surface area (Å²) in [6, 6.07) is 0.644. The average Bonchev–Trinajstić information content (AvgIpc) is 2.71. The molecule has 1 N–H and O–H groups in total. The van der Waals surface area contributed by atoms with Crippen molar-refractivity contribution in [2.75, 3.05) is 19.7 Å². The first-order valence-corrected chi connectivity index (χ1v) is 7.69. The molecule has 3 heteroatoms. The molecular weight excluding hydrogens is 226 g/mol. The van der Waals surface area contributed by atoms with E-state index < -0.39 is 5.60 Å². The fourth-order valence-electron chi connectivity index (χ4n) is 4.15. The van der Waals surface area contributed by atoms with Gasteiger partial charge in [0.1, 0.15) is 0 Å². The van der Waals surface area contributed by atoms with Crippen molar-refractivity contribution in [1.29, 1.82) is 0 Å². The third-order valence-corrected chi connectivity index (χ3v) is 5.23. The Labute approximate surface area is 110 Å². The number of β-amino-alcohol motifs (C(OH)–C–C–N with tert-alkyl or cyclic N) is 1. The van der Waals surface area contributed by atoms with Gasteiger partial charge in [0.15, 0.2) is 0 Å². The maximum absolute atomic E-state index is 10.1. The average molecular weight is 253 g/mol. The summed E-state index contributed by atoms with van der Waals surface area (Å²) in [6.07, 6.45) is 9.85. The molecule has 3 fully saturated rings. The van der Waals surface area contributed by atoms with Gasteiger partial charge in [-0.25, -0.2) is 0 Å². The highest BCUT2D eigenvalue weighted by molar-refractivity contribution is 4.96. The van der Waals surface area contributed by atoms with E-state index in [0.717, 1.165) is 32.5 Å². The molecule has 0 aromatic carbocycles. The van der Waals surface area contributed by atoms with Gasteiger partial charge in [0.25, 0.3) is 0 Å². The topological polar surface area (TPSA) is 32.7 Å². The Morgan fingerprint density at radius 2 is 1.94 bits per heavy atom. The van der Waals surface area contributed by atoms with Gasteiger partial charge < -0.3 is 9.84 Å². The molecule has 1 aliphatic carbocycles. The third kappa shape index (κ3) is 2.59. The minimum Gasteiger partial charge on any atom is -0.389 e. The van der Waals surface area contributed by atoms with Gasteiger partial charge in [-0.2, -0.15) is 0 Å². The molecule has 3 aliphatic rings. The molecule has 0 radical (unpaired) electrons. The maximum atomic E-state index is 10.1. The van der Waals surface area contributed by atoms with Gasteiger partial charge in [-0.1, -0.05) is 19.3 Å². The molecule has 3 nitrogen and oxygen atoms in total. The van der Waals surface area contributed by atoms with E-state index in [4.69, 9.17) is 4.74 Å². The summed E-state index contributed by atoms with van der Waals surface area (Å²) in [5.41, 5.74) is -0.270. The van der Waals surface area contributed by atoms with Crippen molar-refractivity contribution in [2.24, 2.45) is 0 Å². The zero-order valence-electron chi connectivity index (χ0n) is 11.7. The zero-order valence-corrected chi connectivity index (χ0v) is 11.7. The molecule has 0 aromatic heterocycles. The molecule has 0 bridgehead atoms. The van der Waals surface area contributed by atoms with Gasteiger partial charge >= 0.3 is 0 Å². The molecule has 2 unspecified atom stereocenters. The first-order valence-electron chi connectivity index (χ1n) is 7.69. The van der Waals surface area contributed by atoms with Crippen molar-refractivity contribution in [2.45, 2.75) is 75.5 Å². The summed E-state index contributed by atoms with van der Waals surface area (Å²) >= 11 is 0. The smallest absolute Gasteiger partial charge is 0.0758 e. The largest absolute Gasteiger partial charge is 0.389 e. The Kier molecular flexibility index (Phi) is 3.41. The standard InChI is InChI=1S/C15H27NO2/c1-14(17)8-9-16(12-14)13-5-10-18-15(11-13)6-3-2-4-7-15/h13,17H,2-12H2,1H3. The minimum atomic E-state index is -0.460. The van der Waals surface area contributed by atoms with Crippen LogP contribution >= 0.6 is 0 Å². The van der Waals surface area contributed by atoms with Crippen LogP contribution in [0.1, 0.15) is 58.3 Å². The Bertz CT molecular complexity index is 291. The summed E-state index contributed by atoms with van der Waals surface area (Å²) in [4.78, 5) is 2.51. The van der Waals surface area contributed by atoms with Crippen molar-refractivity contribution in [3.05, 3.63) is 0 Å². The first kappa shape index (κ1) is 12.9. The monoisotopic (exact) mass is 253 g/mol. The molecule has 2 heterocycles. The molecule has 0 amide bonds. The van der Waals surface area contributed by atoms with Crippen LogP contribution in [0.5, 0.6) is 0 Å². The van der Waals surface area contributed by atoms with E-state index in [1.54, 1.807) is 0 Å². The lowest BCUT2D eigenvalue weighted by atomic mass is 9.78. The number of aliphatic hydroxyl groups is 1. The lowest BCUT2D eigenvalue weighted by Gasteiger charge is -2.46. The first-order chi connectivity index (χ1) is 8.59. The van der Waals surface area contributed by atoms with Crippen LogP contribution in [0.15, 0.2) is 0 Å². The second-order valence-corrected chi connectivity index (χ2v) is 6.96. The fourth-order valence-corrected chi connectivity index (χ4v) is 4.15. The second-order valence-electron chi connectivity index (χ2n) is 6.96. The Morgan fingerprint density at radius 1 is 1.17 bits per heavy atom. The van der Waals surface area contributed by atoms with Crippen LogP contribution in [-0.2, 0) is 4.74 Å². The number of hydrogen-bond donors (Lipinski definition) is 1. The number of nitrogens with zero attached hydrogens (tertiary/aromatic N) is 1. The van der Waals surface area contributed by atoms with E-state index in [1.807, 2.05) is 6.92 Å². The second kappa shape index (κ2) is 4.77. The predicted molar refractivity (Wildman–Crippen MR) is 71.6 cm³/mol. The Morgan fingerprint density at radius 3 is 2.61 bits per heavy atom. The van der Waals surface area contributed by atoms with Gasteiger partial charge in [-0.3, -0.25) is 4.90 Å². The van der Waals surface area contributed by atoms with Crippen LogP contribution in [0, 0.1) is 0 Å². The van der Waals surface area contributed by atoms with Crippen LogP contribution in [-0.4, -0.2) is 46.9 Å². The molecule has 2 aliphatic heterocycles. The van der Waals surface area contributed by atoms with E-state index in [2.05, 4.69) is 4.90 Å². The molecule has 1 spiro atoms. The van der Waals surface area contributed by atoms with E-state index in [1.165, 1.54) is 38.5 Å². The minimum absolute atomic E-state index is 0.190. The van der Waals surface area contributed by atoms with E-state index >= 15 is 0 Å². The maximum Gasteiger partial charge on any atom is 0.0758 e. The number of rotatable bonds is 1. The number of hydrogen-bond acceptors (Lipinski definition) is 3. The highest BCUT2D eigenvalue weighted by Crippen LogP contribution is 2.40. The van der Waals surface area contributed by atoms with Crippen LogP contribution in [0.2, 0.25) is 0 Å². The Hall–Kier alpha value is -0.120. The SMILES string of the molecule is CC1(O)CCN(C2CCOC3(CCCCC3)C2)C1. The highest BCUT2D eigenvalue weighted by Gasteiger charge is 2.43. The van der Waals surface area contributed by atoms with Crippen LogP contribution in [0.4, 0.5) is 0 Å². The molecule has 3 rings (SSSR count). The van der Waals surface area contributed by atoms with Gasteiger partial charge in [-0.05, 0) is 39.0 Å². The fraction of sp³-hybridized carbons (Fsp3) is 1.00. The van der Waals surface area contributed by atoms with E-state index in [-0.39, 0.29) is 5.60 Å². The number of ether oxygens (including phenoxy) is 1. The molecule has 104 valence electrons. The zero-order chi connectivity index (χ0) is 12.6. The number of likely N-dealkylation sites (tertiary alicyclic amines) is 1. The molecule has 2 atom stereocenters. The Balaban J connectivity index is 1.63. The molecular formula is C15H27NO2. The van der Waals surface area contributed by atoms with Crippen LogP contribution < -0.4 is 0 Å². The lowest BCUT2D eigenvalue weighted by molar-refractivity contribution is -0.123. The van der Waals surface area contributed by atoms with Crippen molar-refractivity contribution >= 4 is 0 Å². The van der Waals surface area contributed by atoms with E-state index in [9.17, 15) is 5.11 Å². The summed E-state index contributed by atoms with van der Waals surface area (Å²) in [5, 5.41) is 10.1. The van der Waals surface area contributed by atoms with Gasteiger partial charge in [0.05, 0.1) is 11.2 Å². The molecule has 0 aromatic rings. The van der Waals surface area contributed by atoms with Gasteiger partial charge in [0, 0.05) is 25.7 Å². The molecule has 1 saturated carbocycles. The quantitative estimate of drug-likeness (QED) is 0.778. The normalized spacial score (nSPS) is 41.3. The summed E-state index contributed by atoms with van der Waals surface area (Å²) < 4.78 is 6.16. The van der Waals surface area contributed by atoms with Crippen LogP contribution in [0.3, 0.4) is 0 Å². The van der Waals surface area contributed by atoms with Crippen molar-refractivity contribution in [3.63, 3.8) is 0 Å². The molecule has 2 saturated heterocycles. The third-order valence-electron chi connectivity index (χ3n) is 5.23. The van der Waals surface area contributed by atoms with Crippen molar-refractivity contribution in [3.8, 4) is 0 Å². The lowest BCUT2D eigenvalue weighted by Crippen LogP contribution is -2.49. The van der Waals surface area contributed by atoms with Gasteiger partial charge in [0.2, 0.25) is 0 Å². The molecule has 18 heavy (non-hydrogen) atoms. The predicted octanol–water partition coefficient (Wildman–Crippen LogP) is 2.33. The summed E-state index contributed by atoms with van der Waals surface area (Å²) in [5.74, 6) is 0. The van der Waals surface area contributed by atoms with E-state index in [0.29, 0.717) is 6.04 Å². The van der Waals surface area contributed by atoms with Gasteiger partial charge in [-0.15, -0.1) is 0 Å². The summed E-state index contributed by atoms with van der Waals surface area (Å²) in [6.45, 7) is 4.81. The highest BCUT2D eigenvalue weighted by atomic mass is 16.5. The van der Waals surface area contributed by atoms with Crippen molar-refractivity contribution < 1.29 is 9.84 Å². The summed E-state index contributed by atoms with van der Waals surface area (Å²) in [7, 11) is 0.